The van der Waals surface area contributed by atoms with E-state index in [4.69, 9.17) is 22.6 Å². The summed E-state index contributed by atoms with van der Waals surface area (Å²) in [6.07, 6.45) is 2.44. The average Bonchev–Trinajstić information content (AvgIpc) is 3.10. The Labute approximate surface area is 100 Å². The van der Waals surface area contributed by atoms with Gasteiger partial charge in [-0.05, 0) is 30.9 Å². The Hall–Kier alpha value is -1.24. The zero-order valence-corrected chi connectivity index (χ0v) is 9.67. The Bertz CT molecular complexity index is 421. The third kappa shape index (κ3) is 2.29. The van der Waals surface area contributed by atoms with E-state index in [0.717, 1.165) is 5.69 Å². The molecule has 1 aliphatic rings. The highest BCUT2D eigenvalue weighted by Gasteiger charge is 2.30. The van der Waals surface area contributed by atoms with Gasteiger partial charge in [-0.3, -0.25) is 0 Å². The minimum absolute atomic E-state index is 0.255. The molecule has 1 fully saturated rings. The van der Waals surface area contributed by atoms with Crippen molar-refractivity contribution in [2.45, 2.75) is 18.9 Å². The van der Waals surface area contributed by atoms with Gasteiger partial charge in [0.15, 0.2) is 0 Å². The van der Waals surface area contributed by atoms with Crippen molar-refractivity contribution in [2.24, 2.45) is 11.7 Å². The molecule has 0 saturated heterocycles. The quantitative estimate of drug-likeness (QED) is 0.842. The van der Waals surface area contributed by atoms with Crippen LogP contribution in [0.3, 0.4) is 0 Å². The summed E-state index contributed by atoms with van der Waals surface area (Å²) in [5.41, 5.74) is 7.00. The second kappa shape index (κ2) is 4.73. The van der Waals surface area contributed by atoms with Crippen LogP contribution in [0.2, 0.25) is 5.02 Å². The van der Waals surface area contributed by atoms with Crippen molar-refractivity contribution < 1.29 is 0 Å². The van der Waals surface area contributed by atoms with Crippen LogP contribution < -0.4 is 11.1 Å². The van der Waals surface area contributed by atoms with Crippen LogP contribution in [-0.4, -0.2) is 12.6 Å². The zero-order valence-electron chi connectivity index (χ0n) is 8.91. The fourth-order valence-electron chi connectivity index (χ4n) is 1.83. The van der Waals surface area contributed by atoms with E-state index in [1.54, 1.807) is 6.07 Å². The van der Waals surface area contributed by atoms with Gasteiger partial charge in [-0.15, -0.1) is 0 Å². The van der Waals surface area contributed by atoms with Crippen molar-refractivity contribution >= 4 is 17.3 Å². The molecule has 3 nitrogen and oxygen atoms in total. The number of hydrogen-bond donors (Lipinski definition) is 2. The molecule has 3 N–H and O–H groups in total. The van der Waals surface area contributed by atoms with Gasteiger partial charge in [0.1, 0.15) is 6.07 Å². The van der Waals surface area contributed by atoms with E-state index in [1.807, 2.05) is 12.1 Å². The van der Waals surface area contributed by atoms with Crippen molar-refractivity contribution in [2.75, 3.05) is 11.9 Å². The number of halogens is 1. The highest BCUT2D eigenvalue weighted by molar-refractivity contribution is 6.32. The standard InChI is InChI=1S/C12H14ClN3/c13-10-2-1-3-11(9(10)6-14)16-12(7-15)8-4-5-8/h1-3,8,12,16H,4-5,7,15H2. The van der Waals surface area contributed by atoms with E-state index in [2.05, 4.69) is 11.4 Å². The predicted octanol–water partition coefficient (Wildman–Crippen LogP) is 2.36. The van der Waals surface area contributed by atoms with Crippen molar-refractivity contribution in [3.05, 3.63) is 28.8 Å². The minimum atomic E-state index is 0.255. The van der Waals surface area contributed by atoms with E-state index < -0.39 is 0 Å². The summed E-state index contributed by atoms with van der Waals surface area (Å²) in [5, 5.41) is 12.8. The molecular formula is C12H14ClN3. The van der Waals surface area contributed by atoms with Crippen LogP contribution >= 0.6 is 11.6 Å². The Morgan fingerprint density at radius 1 is 1.56 bits per heavy atom. The molecule has 0 aliphatic heterocycles. The molecule has 4 heteroatoms. The number of hydrogen-bond acceptors (Lipinski definition) is 3. The minimum Gasteiger partial charge on any atom is -0.380 e. The number of anilines is 1. The molecule has 0 amide bonds. The van der Waals surface area contributed by atoms with Gasteiger partial charge in [-0.2, -0.15) is 5.26 Å². The first-order valence-electron chi connectivity index (χ1n) is 5.41. The Morgan fingerprint density at radius 2 is 2.31 bits per heavy atom. The normalized spacial score (nSPS) is 16.6. The molecular weight excluding hydrogens is 222 g/mol. The molecule has 1 unspecified atom stereocenters. The van der Waals surface area contributed by atoms with Gasteiger partial charge in [0, 0.05) is 12.6 Å². The summed E-state index contributed by atoms with van der Waals surface area (Å²) in [6, 6.07) is 7.80. The molecule has 1 aliphatic carbocycles. The number of rotatable bonds is 4. The Morgan fingerprint density at radius 3 is 2.88 bits per heavy atom. The van der Waals surface area contributed by atoms with Gasteiger partial charge < -0.3 is 11.1 Å². The lowest BCUT2D eigenvalue weighted by Crippen LogP contribution is -2.31. The predicted molar refractivity (Wildman–Crippen MR) is 65.4 cm³/mol. The molecule has 0 aromatic heterocycles. The molecule has 2 rings (SSSR count). The summed E-state index contributed by atoms with van der Waals surface area (Å²) in [4.78, 5) is 0. The number of nitriles is 1. The van der Waals surface area contributed by atoms with Crippen LogP contribution in [-0.2, 0) is 0 Å². The highest BCUT2D eigenvalue weighted by atomic mass is 35.5. The van der Waals surface area contributed by atoms with E-state index in [9.17, 15) is 0 Å². The van der Waals surface area contributed by atoms with Crippen LogP contribution in [0.25, 0.3) is 0 Å². The van der Waals surface area contributed by atoms with Gasteiger partial charge in [-0.25, -0.2) is 0 Å². The lowest BCUT2D eigenvalue weighted by Gasteiger charge is -2.18. The number of nitrogens with two attached hydrogens (primary N) is 1. The third-order valence-corrected chi connectivity index (χ3v) is 3.23. The van der Waals surface area contributed by atoms with Crippen LogP contribution in [0.4, 0.5) is 5.69 Å². The van der Waals surface area contributed by atoms with Crippen LogP contribution in [0, 0.1) is 17.2 Å². The number of benzene rings is 1. The van der Waals surface area contributed by atoms with Crippen LogP contribution in [0.15, 0.2) is 18.2 Å². The van der Waals surface area contributed by atoms with E-state index in [-0.39, 0.29) is 6.04 Å². The van der Waals surface area contributed by atoms with Crippen LogP contribution in [0.5, 0.6) is 0 Å². The monoisotopic (exact) mass is 235 g/mol. The average molecular weight is 236 g/mol. The van der Waals surface area contributed by atoms with Gasteiger partial charge in [0.05, 0.1) is 16.3 Å². The lowest BCUT2D eigenvalue weighted by molar-refractivity contribution is 0.645. The molecule has 1 saturated carbocycles. The van der Waals surface area contributed by atoms with E-state index in [1.165, 1.54) is 12.8 Å². The molecule has 0 spiro atoms. The number of nitrogens with zero attached hydrogens (tertiary/aromatic N) is 1. The molecule has 0 radical (unpaired) electrons. The van der Waals surface area contributed by atoms with Crippen molar-refractivity contribution in [1.29, 1.82) is 5.26 Å². The maximum absolute atomic E-state index is 9.03. The second-order valence-corrected chi connectivity index (χ2v) is 4.51. The number of nitrogens with one attached hydrogen (secondary N) is 1. The summed E-state index contributed by atoms with van der Waals surface area (Å²) >= 11 is 5.96. The van der Waals surface area contributed by atoms with Gasteiger partial charge >= 0.3 is 0 Å². The fraction of sp³-hybridized carbons (Fsp3) is 0.417. The molecule has 0 bridgehead atoms. The smallest absolute Gasteiger partial charge is 0.103 e. The molecule has 84 valence electrons. The summed E-state index contributed by atoms with van der Waals surface area (Å²) < 4.78 is 0. The summed E-state index contributed by atoms with van der Waals surface area (Å²) in [7, 11) is 0. The highest BCUT2D eigenvalue weighted by Crippen LogP contribution is 2.34. The largest absolute Gasteiger partial charge is 0.380 e. The first kappa shape index (κ1) is 11.3. The fourth-order valence-corrected chi connectivity index (χ4v) is 2.04. The maximum Gasteiger partial charge on any atom is 0.103 e. The third-order valence-electron chi connectivity index (χ3n) is 2.91. The first-order chi connectivity index (χ1) is 7.76. The molecule has 1 atom stereocenters. The van der Waals surface area contributed by atoms with Crippen molar-refractivity contribution in [3.8, 4) is 6.07 Å². The van der Waals surface area contributed by atoms with Gasteiger partial charge in [0.25, 0.3) is 0 Å². The zero-order chi connectivity index (χ0) is 11.5. The summed E-state index contributed by atoms with van der Waals surface area (Å²) in [6.45, 7) is 0.585. The maximum atomic E-state index is 9.03. The first-order valence-corrected chi connectivity index (χ1v) is 5.79. The molecule has 1 aromatic rings. The second-order valence-electron chi connectivity index (χ2n) is 4.10. The molecule has 16 heavy (non-hydrogen) atoms. The van der Waals surface area contributed by atoms with E-state index >= 15 is 0 Å². The Balaban J connectivity index is 2.20. The lowest BCUT2D eigenvalue weighted by atomic mass is 10.1. The van der Waals surface area contributed by atoms with Gasteiger partial charge in [-0.1, -0.05) is 17.7 Å². The molecule has 0 heterocycles. The van der Waals surface area contributed by atoms with Crippen molar-refractivity contribution in [1.82, 2.24) is 0 Å². The van der Waals surface area contributed by atoms with Crippen molar-refractivity contribution in [3.63, 3.8) is 0 Å². The van der Waals surface area contributed by atoms with Gasteiger partial charge in [0.2, 0.25) is 0 Å². The van der Waals surface area contributed by atoms with E-state index in [0.29, 0.717) is 23.0 Å². The topological polar surface area (TPSA) is 61.8 Å². The SMILES string of the molecule is N#Cc1c(Cl)cccc1NC(CN)C1CC1. The molecule has 1 aromatic carbocycles. The summed E-state index contributed by atoms with van der Waals surface area (Å²) in [5.74, 6) is 0.649. The van der Waals surface area contributed by atoms with Crippen LogP contribution in [0.1, 0.15) is 18.4 Å². The Kier molecular flexibility index (Phi) is 3.33.